The van der Waals surface area contributed by atoms with Gasteiger partial charge in [-0.15, -0.1) is 0 Å². The highest BCUT2D eigenvalue weighted by atomic mass is 16.5. The minimum absolute atomic E-state index is 0.00602. The average Bonchev–Trinajstić information content (AvgIpc) is 2.49. The highest BCUT2D eigenvalue weighted by Crippen LogP contribution is 2.19. The fraction of sp³-hybridized carbons (Fsp3) is 0.467. The summed E-state index contributed by atoms with van der Waals surface area (Å²) in [4.78, 5) is 24.0. The van der Waals surface area contributed by atoms with Gasteiger partial charge in [-0.2, -0.15) is 0 Å². The minimum atomic E-state index is -0.409. The summed E-state index contributed by atoms with van der Waals surface area (Å²) in [5, 5.41) is 6.08. The molecule has 2 N–H and O–H groups in total. The van der Waals surface area contributed by atoms with Crippen LogP contribution in [0.3, 0.4) is 0 Å². The molecule has 5 heteroatoms. The number of para-hydroxylation sites is 1. The lowest BCUT2D eigenvalue weighted by Gasteiger charge is -2.22. The number of hydrogen-bond donors (Lipinski definition) is 2. The predicted molar refractivity (Wildman–Crippen MR) is 76.6 cm³/mol. The third-order valence-electron chi connectivity index (χ3n) is 3.39. The van der Waals surface area contributed by atoms with Crippen LogP contribution in [-0.4, -0.2) is 31.6 Å². The van der Waals surface area contributed by atoms with Crippen LogP contribution in [0.15, 0.2) is 24.3 Å². The molecule has 0 bridgehead atoms. The van der Waals surface area contributed by atoms with Crippen molar-refractivity contribution < 1.29 is 14.3 Å². The van der Waals surface area contributed by atoms with Gasteiger partial charge in [0, 0.05) is 5.92 Å². The van der Waals surface area contributed by atoms with Crippen LogP contribution in [0.2, 0.25) is 0 Å². The lowest BCUT2D eigenvalue weighted by atomic mass is 9.97. The minimum Gasteiger partial charge on any atom is -0.462 e. The molecule has 0 saturated carbocycles. The van der Waals surface area contributed by atoms with Crippen molar-refractivity contribution in [2.45, 2.75) is 19.8 Å². The smallest absolute Gasteiger partial charge is 0.340 e. The van der Waals surface area contributed by atoms with E-state index in [1.165, 1.54) is 0 Å². The summed E-state index contributed by atoms with van der Waals surface area (Å²) in [5.41, 5.74) is 0.922. The van der Waals surface area contributed by atoms with Gasteiger partial charge < -0.3 is 15.4 Å². The quantitative estimate of drug-likeness (QED) is 0.823. The number of amides is 1. The summed E-state index contributed by atoms with van der Waals surface area (Å²) in [6.45, 7) is 3.79. The molecule has 0 aromatic heterocycles. The maximum Gasteiger partial charge on any atom is 0.340 e. The van der Waals surface area contributed by atoms with Crippen LogP contribution in [0.25, 0.3) is 0 Å². The third kappa shape index (κ3) is 3.57. The Morgan fingerprint density at radius 3 is 2.70 bits per heavy atom. The highest BCUT2D eigenvalue weighted by molar-refractivity contribution is 6.01. The van der Waals surface area contributed by atoms with Gasteiger partial charge in [-0.25, -0.2) is 4.79 Å². The molecule has 1 aromatic rings. The second kappa shape index (κ2) is 7.05. The van der Waals surface area contributed by atoms with E-state index in [9.17, 15) is 9.59 Å². The Morgan fingerprint density at radius 2 is 2.00 bits per heavy atom. The van der Waals surface area contributed by atoms with Gasteiger partial charge in [0.1, 0.15) is 0 Å². The zero-order valence-electron chi connectivity index (χ0n) is 11.6. The highest BCUT2D eigenvalue weighted by Gasteiger charge is 2.22. The van der Waals surface area contributed by atoms with Crippen molar-refractivity contribution in [2.75, 3.05) is 25.0 Å². The molecule has 0 radical (unpaired) electrons. The van der Waals surface area contributed by atoms with E-state index in [1.54, 1.807) is 31.2 Å². The molecule has 1 aromatic carbocycles. The van der Waals surface area contributed by atoms with Crippen molar-refractivity contribution in [2.24, 2.45) is 5.92 Å². The topological polar surface area (TPSA) is 67.4 Å². The van der Waals surface area contributed by atoms with E-state index in [1.807, 2.05) is 0 Å². The first-order valence-corrected chi connectivity index (χ1v) is 7.00. The van der Waals surface area contributed by atoms with Crippen LogP contribution in [0, 0.1) is 5.92 Å². The number of piperidine rings is 1. The Labute approximate surface area is 118 Å². The maximum absolute atomic E-state index is 12.2. The number of rotatable bonds is 4. The monoisotopic (exact) mass is 276 g/mol. The molecule has 1 saturated heterocycles. The Bertz CT molecular complexity index is 482. The average molecular weight is 276 g/mol. The van der Waals surface area contributed by atoms with Gasteiger partial charge in [0.25, 0.3) is 0 Å². The lowest BCUT2D eigenvalue weighted by molar-refractivity contribution is -0.120. The molecule has 0 atom stereocenters. The van der Waals surface area contributed by atoms with Gasteiger partial charge in [-0.3, -0.25) is 4.79 Å². The Balaban J connectivity index is 2.08. The second-order valence-corrected chi connectivity index (χ2v) is 4.78. The zero-order valence-corrected chi connectivity index (χ0v) is 11.6. The van der Waals surface area contributed by atoms with Gasteiger partial charge in [-0.05, 0) is 45.0 Å². The Kier molecular flexibility index (Phi) is 5.12. The number of hydrogen-bond acceptors (Lipinski definition) is 4. The molecule has 1 amide bonds. The number of benzene rings is 1. The first kappa shape index (κ1) is 14.5. The van der Waals surface area contributed by atoms with Gasteiger partial charge in [0.15, 0.2) is 0 Å². The van der Waals surface area contributed by atoms with Crippen LogP contribution in [-0.2, 0) is 9.53 Å². The second-order valence-electron chi connectivity index (χ2n) is 4.78. The molecular formula is C15H20N2O3. The molecule has 5 nitrogen and oxygen atoms in total. The molecule has 108 valence electrons. The zero-order chi connectivity index (χ0) is 14.4. The molecule has 0 spiro atoms. The number of carbonyl (C=O) groups excluding carboxylic acids is 2. The third-order valence-corrected chi connectivity index (χ3v) is 3.39. The Morgan fingerprint density at radius 1 is 1.30 bits per heavy atom. The van der Waals surface area contributed by atoms with Crippen molar-refractivity contribution in [3.63, 3.8) is 0 Å². The summed E-state index contributed by atoms with van der Waals surface area (Å²) in [6, 6.07) is 6.94. The van der Waals surface area contributed by atoms with E-state index in [2.05, 4.69) is 10.6 Å². The largest absolute Gasteiger partial charge is 0.462 e. The molecule has 1 aliphatic heterocycles. The van der Waals surface area contributed by atoms with E-state index >= 15 is 0 Å². The summed E-state index contributed by atoms with van der Waals surface area (Å²) in [7, 11) is 0. The van der Waals surface area contributed by atoms with Gasteiger partial charge in [0.05, 0.1) is 17.9 Å². The van der Waals surface area contributed by atoms with Crippen LogP contribution >= 0.6 is 0 Å². The SMILES string of the molecule is CCOC(=O)c1ccccc1NC(=O)C1CCNCC1. The van der Waals surface area contributed by atoms with Crippen molar-refractivity contribution in [3.8, 4) is 0 Å². The predicted octanol–water partition coefficient (Wildman–Crippen LogP) is 1.80. The molecule has 1 fully saturated rings. The fourth-order valence-corrected chi connectivity index (χ4v) is 2.30. The van der Waals surface area contributed by atoms with Crippen molar-refractivity contribution >= 4 is 17.6 Å². The van der Waals surface area contributed by atoms with Crippen LogP contribution < -0.4 is 10.6 Å². The van der Waals surface area contributed by atoms with E-state index in [0.29, 0.717) is 17.9 Å². The van der Waals surface area contributed by atoms with Gasteiger partial charge in [0.2, 0.25) is 5.91 Å². The summed E-state index contributed by atoms with van der Waals surface area (Å²) >= 11 is 0. The van der Waals surface area contributed by atoms with Crippen LogP contribution in [0.1, 0.15) is 30.1 Å². The molecule has 2 rings (SSSR count). The number of carbonyl (C=O) groups is 2. The van der Waals surface area contributed by atoms with Crippen LogP contribution in [0.4, 0.5) is 5.69 Å². The van der Waals surface area contributed by atoms with Gasteiger partial charge in [-0.1, -0.05) is 12.1 Å². The molecule has 20 heavy (non-hydrogen) atoms. The standard InChI is InChI=1S/C15H20N2O3/c1-2-20-15(19)12-5-3-4-6-13(12)17-14(18)11-7-9-16-10-8-11/h3-6,11,16H,2,7-10H2,1H3,(H,17,18). The first-order valence-electron chi connectivity index (χ1n) is 7.00. The number of nitrogens with one attached hydrogen (secondary N) is 2. The summed E-state index contributed by atoms with van der Waals surface area (Å²) in [6.07, 6.45) is 1.65. The van der Waals surface area contributed by atoms with Crippen molar-refractivity contribution in [1.29, 1.82) is 0 Å². The molecule has 1 aliphatic rings. The number of esters is 1. The van der Waals surface area contributed by atoms with Gasteiger partial charge >= 0.3 is 5.97 Å². The van der Waals surface area contributed by atoms with E-state index in [-0.39, 0.29) is 11.8 Å². The molecule has 0 unspecified atom stereocenters. The molecule has 1 heterocycles. The van der Waals surface area contributed by atoms with Crippen LogP contribution in [0.5, 0.6) is 0 Å². The number of anilines is 1. The maximum atomic E-state index is 12.2. The van der Waals surface area contributed by atoms with E-state index in [0.717, 1.165) is 25.9 Å². The number of ether oxygens (including phenoxy) is 1. The van der Waals surface area contributed by atoms with Crippen molar-refractivity contribution in [3.05, 3.63) is 29.8 Å². The van der Waals surface area contributed by atoms with E-state index < -0.39 is 5.97 Å². The molecular weight excluding hydrogens is 256 g/mol. The molecule has 0 aliphatic carbocycles. The fourth-order valence-electron chi connectivity index (χ4n) is 2.30. The normalized spacial score (nSPS) is 15.7. The lowest BCUT2D eigenvalue weighted by Crippen LogP contribution is -2.34. The van der Waals surface area contributed by atoms with Crippen molar-refractivity contribution in [1.82, 2.24) is 5.32 Å². The summed E-state index contributed by atoms with van der Waals surface area (Å²) < 4.78 is 5.00. The Hall–Kier alpha value is -1.88. The van der Waals surface area contributed by atoms with E-state index in [4.69, 9.17) is 4.74 Å². The first-order chi connectivity index (χ1) is 9.72. The summed E-state index contributed by atoms with van der Waals surface area (Å²) in [5.74, 6) is -0.427.